The summed E-state index contributed by atoms with van der Waals surface area (Å²) in [5.41, 5.74) is -0.0971. The third kappa shape index (κ3) is 7.59. The summed E-state index contributed by atoms with van der Waals surface area (Å²) in [4.78, 5) is 23.4. The molecule has 8 rings (SSSR count). The van der Waals surface area contributed by atoms with Crippen molar-refractivity contribution in [3.8, 4) is 0 Å². The minimum Gasteiger partial charge on any atom is -0.369 e. The Morgan fingerprint density at radius 1 is 0.746 bits per heavy atom. The van der Waals surface area contributed by atoms with Gasteiger partial charge in [-0.25, -0.2) is 21.8 Å². The van der Waals surface area contributed by atoms with Crippen LogP contribution in [0.3, 0.4) is 0 Å². The standard InChI is InChI=1S/C40H34BrCl2F3N6O5S2/c41-28-10-13-35(32(43)24-28)59(56,57)52-21-17-50(18-22-52)38(53)39(36-14-9-26-5-1-3-7-33(26)47-36)37(23-27-6-2-4-8-34(27)48-39)49-15-19-51(20-16-49)58(54,55)29-11-12-31(42)30(25-29)40(44,45)46/h1-14,23-25,48H,15-22H2. The first kappa shape index (κ1) is 41.5. The maximum atomic E-state index is 15.5. The first-order valence-electron chi connectivity index (χ1n) is 18.3. The van der Waals surface area contributed by atoms with E-state index < -0.39 is 53.2 Å². The summed E-state index contributed by atoms with van der Waals surface area (Å²) < 4.78 is 99.2. The molecule has 2 saturated heterocycles. The molecule has 308 valence electrons. The van der Waals surface area contributed by atoms with Crippen LogP contribution in [-0.4, -0.2) is 98.5 Å². The molecule has 1 aromatic heterocycles. The normalized spacial score (nSPS) is 19.6. The lowest BCUT2D eigenvalue weighted by Crippen LogP contribution is -2.62. The molecule has 3 aliphatic rings. The Balaban J connectivity index is 1.15. The number of fused-ring (bicyclic) bond motifs is 2. The lowest BCUT2D eigenvalue weighted by Gasteiger charge is -2.48. The van der Waals surface area contributed by atoms with Crippen molar-refractivity contribution in [2.45, 2.75) is 21.5 Å². The summed E-state index contributed by atoms with van der Waals surface area (Å²) in [6.07, 6.45) is -2.99. The van der Waals surface area contributed by atoms with Crippen LogP contribution in [0, 0.1) is 0 Å². The average molecular weight is 951 g/mol. The molecule has 3 aliphatic heterocycles. The Kier molecular flexibility index (Phi) is 11.0. The van der Waals surface area contributed by atoms with E-state index in [1.54, 1.807) is 17.0 Å². The van der Waals surface area contributed by atoms with E-state index >= 15 is 4.79 Å². The zero-order chi connectivity index (χ0) is 41.9. The van der Waals surface area contributed by atoms with Crippen molar-refractivity contribution in [2.75, 3.05) is 57.7 Å². The highest BCUT2D eigenvalue weighted by atomic mass is 79.9. The fraction of sp³-hybridized carbons (Fsp3) is 0.250. The number of nitrogens with one attached hydrogen (secondary N) is 1. The van der Waals surface area contributed by atoms with E-state index in [4.69, 9.17) is 28.2 Å². The summed E-state index contributed by atoms with van der Waals surface area (Å²) in [6, 6.07) is 25.5. The third-order valence-electron chi connectivity index (χ3n) is 10.8. The van der Waals surface area contributed by atoms with E-state index in [0.29, 0.717) is 33.1 Å². The van der Waals surface area contributed by atoms with E-state index in [1.807, 2.05) is 65.6 Å². The number of anilines is 1. The van der Waals surface area contributed by atoms with Gasteiger partial charge >= 0.3 is 6.18 Å². The number of pyridine rings is 1. The molecule has 0 saturated carbocycles. The summed E-state index contributed by atoms with van der Waals surface area (Å²) in [6.45, 7) is -0.0697. The summed E-state index contributed by atoms with van der Waals surface area (Å²) in [5.74, 6) is -0.407. The van der Waals surface area contributed by atoms with Crippen LogP contribution in [0.4, 0.5) is 18.9 Å². The molecule has 2 fully saturated rings. The van der Waals surface area contributed by atoms with Gasteiger partial charge in [0.1, 0.15) is 4.90 Å². The van der Waals surface area contributed by atoms with Crippen molar-refractivity contribution in [2.24, 2.45) is 0 Å². The summed E-state index contributed by atoms with van der Waals surface area (Å²) in [7, 11) is -8.40. The zero-order valence-corrected chi connectivity index (χ0v) is 35.6. The number of aromatic nitrogens is 1. The van der Waals surface area contributed by atoms with Crippen LogP contribution >= 0.6 is 39.1 Å². The van der Waals surface area contributed by atoms with Crippen LogP contribution in [0.15, 0.2) is 117 Å². The molecule has 0 radical (unpaired) electrons. The van der Waals surface area contributed by atoms with Crippen LogP contribution < -0.4 is 5.32 Å². The highest BCUT2D eigenvalue weighted by Crippen LogP contribution is 2.44. The molecule has 1 N–H and O–H groups in total. The van der Waals surface area contributed by atoms with Gasteiger partial charge in [-0.15, -0.1) is 0 Å². The van der Waals surface area contributed by atoms with E-state index in [-0.39, 0.29) is 62.3 Å². The summed E-state index contributed by atoms with van der Waals surface area (Å²) in [5, 5.41) is 3.82. The molecule has 59 heavy (non-hydrogen) atoms. The summed E-state index contributed by atoms with van der Waals surface area (Å²) >= 11 is 15.5. The van der Waals surface area contributed by atoms with Crippen molar-refractivity contribution in [3.63, 3.8) is 0 Å². The van der Waals surface area contributed by atoms with Gasteiger partial charge in [-0.05, 0) is 66.2 Å². The van der Waals surface area contributed by atoms with Gasteiger partial charge in [0.05, 0.1) is 37.4 Å². The Bertz CT molecular complexity index is 2750. The third-order valence-corrected chi connectivity index (χ3v) is 15.9. The second-order valence-corrected chi connectivity index (χ2v) is 19.8. The highest BCUT2D eigenvalue weighted by Gasteiger charge is 2.53. The number of alkyl halides is 3. The highest BCUT2D eigenvalue weighted by molar-refractivity contribution is 9.10. The SMILES string of the molecule is O=C(N1CCN(S(=O)(=O)c2ccc(Br)cc2Cl)CC1)C1(c2ccc3ccccc3n2)Nc2ccccc2C=C1N1CCN(S(=O)(=O)c2ccc(Cl)c(C(F)(F)F)c2)CC1. The number of carbonyl (C=O) groups excluding carboxylic acids is 1. The number of carbonyl (C=O) groups is 1. The quantitative estimate of drug-likeness (QED) is 0.178. The van der Waals surface area contributed by atoms with Crippen molar-refractivity contribution < 1.29 is 34.8 Å². The van der Waals surface area contributed by atoms with E-state index in [9.17, 15) is 30.0 Å². The van der Waals surface area contributed by atoms with E-state index in [1.165, 1.54) is 16.4 Å². The average Bonchev–Trinajstić information content (AvgIpc) is 3.22. The molecule has 11 nitrogen and oxygen atoms in total. The lowest BCUT2D eigenvalue weighted by atomic mass is 9.82. The maximum absolute atomic E-state index is 15.5. The van der Waals surface area contributed by atoms with E-state index in [0.717, 1.165) is 27.4 Å². The maximum Gasteiger partial charge on any atom is 0.417 e. The molecule has 4 heterocycles. The second-order valence-electron chi connectivity index (χ2n) is 14.2. The van der Waals surface area contributed by atoms with Crippen molar-refractivity contribution in [1.82, 2.24) is 23.4 Å². The van der Waals surface area contributed by atoms with Crippen LogP contribution in [0.1, 0.15) is 16.8 Å². The van der Waals surface area contributed by atoms with Crippen LogP contribution in [0.25, 0.3) is 17.0 Å². The fourth-order valence-corrected chi connectivity index (χ4v) is 11.8. The number of piperazine rings is 2. The topological polar surface area (TPSA) is 123 Å². The molecule has 4 aromatic carbocycles. The molecule has 1 unspecified atom stereocenters. The number of nitrogens with zero attached hydrogens (tertiary/aromatic N) is 5. The molecule has 0 bridgehead atoms. The number of benzene rings is 4. The van der Waals surface area contributed by atoms with Gasteiger partial charge in [-0.2, -0.15) is 21.8 Å². The van der Waals surface area contributed by atoms with E-state index in [2.05, 4.69) is 21.2 Å². The predicted molar refractivity (Wildman–Crippen MR) is 223 cm³/mol. The Morgan fingerprint density at radius 3 is 2.12 bits per heavy atom. The Labute approximate surface area is 357 Å². The smallest absolute Gasteiger partial charge is 0.369 e. The van der Waals surface area contributed by atoms with Gasteiger partial charge in [0.15, 0.2) is 5.54 Å². The second kappa shape index (κ2) is 15.7. The zero-order valence-electron chi connectivity index (χ0n) is 30.8. The number of para-hydroxylation sites is 2. The van der Waals surface area contributed by atoms with Crippen molar-refractivity contribution >= 4 is 87.8 Å². The predicted octanol–water partition coefficient (Wildman–Crippen LogP) is 7.52. The van der Waals surface area contributed by atoms with Gasteiger partial charge in [-0.3, -0.25) is 4.79 Å². The molecule has 0 aliphatic carbocycles. The molecule has 1 atom stereocenters. The number of hydrogen-bond acceptors (Lipinski definition) is 8. The first-order valence-corrected chi connectivity index (χ1v) is 22.8. The molecule has 5 aromatic rings. The van der Waals surface area contributed by atoms with Crippen LogP contribution in [0.5, 0.6) is 0 Å². The molecule has 0 spiro atoms. The number of amides is 1. The van der Waals surface area contributed by atoms with Crippen LogP contribution in [0.2, 0.25) is 10.0 Å². The van der Waals surface area contributed by atoms with Gasteiger partial charge < -0.3 is 15.1 Å². The minimum atomic E-state index is -4.86. The number of sulfonamides is 2. The fourth-order valence-electron chi connectivity index (χ4n) is 7.72. The largest absolute Gasteiger partial charge is 0.417 e. The Morgan fingerprint density at radius 2 is 1.41 bits per heavy atom. The molecular formula is C40H34BrCl2F3N6O5S2. The van der Waals surface area contributed by atoms with Gasteiger partial charge in [0, 0.05) is 67.9 Å². The van der Waals surface area contributed by atoms with Crippen molar-refractivity contribution in [1.29, 1.82) is 0 Å². The first-order chi connectivity index (χ1) is 28.0. The van der Waals surface area contributed by atoms with Gasteiger partial charge in [0.25, 0.3) is 5.91 Å². The number of hydrogen-bond donors (Lipinski definition) is 1. The van der Waals surface area contributed by atoms with Gasteiger partial charge in [0.2, 0.25) is 20.0 Å². The van der Waals surface area contributed by atoms with Crippen molar-refractivity contribution in [3.05, 3.63) is 134 Å². The monoisotopic (exact) mass is 948 g/mol. The number of halogens is 6. The molecule has 19 heteroatoms. The van der Waals surface area contributed by atoms with Gasteiger partial charge in [-0.1, -0.05) is 81.6 Å². The molecular weight excluding hydrogens is 916 g/mol. The molecule has 1 amide bonds. The minimum absolute atomic E-state index is 0.0192. The Hall–Kier alpha value is -4.23. The number of rotatable bonds is 7. The lowest BCUT2D eigenvalue weighted by molar-refractivity contribution is -0.138. The van der Waals surface area contributed by atoms with Crippen LogP contribution in [-0.2, 0) is 36.6 Å².